The summed E-state index contributed by atoms with van der Waals surface area (Å²) in [6.45, 7) is 1.05. The highest BCUT2D eigenvalue weighted by atomic mass is 16.6. The Balaban J connectivity index is 2.14. The van der Waals surface area contributed by atoms with E-state index in [-0.39, 0.29) is 5.69 Å². The Bertz CT molecular complexity index is 456. The van der Waals surface area contributed by atoms with Crippen molar-refractivity contribution in [3.8, 4) is 0 Å². The number of nitro groups is 1. The minimum Gasteiger partial charge on any atom is -0.398 e. The predicted octanol–water partition coefficient (Wildman–Crippen LogP) is -0.286. The maximum Gasteiger partial charge on any atom is 0.269 e. The van der Waals surface area contributed by atoms with Crippen LogP contribution in [0.5, 0.6) is 0 Å². The van der Waals surface area contributed by atoms with Crippen molar-refractivity contribution in [3.05, 3.63) is 33.9 Å². The predicted molar refractivity (Wildman–Crippen MR) is 64.8 cm³/mol. The molecule has 1 saturated heterocycles. The van der Waals surface area contributed by atoms with Crippen molar-refractivity contribution in [1.82, 2.24) is 4.90 Å². The van der Waals surface area contributed by atoms with Crippen molar-refractivity contribution in [2.75, 3.05) is 18.8 Å². The molecule has 0 aliphatic carbocycles. The van der Waals surface area contributed by atoms with E-state index in [0.717, 1.165) is 0 Å². The normalized spacial score (nSPS) is 24.3. The molecule has 7 heteroatoms. The minimum absolute atomic E-state index is 0.0144. The van der Waals surface area contributed by atoms with Gasteiger partial charge in [0.15, 0.2) is 0 Å². The summed E-state index contributed by atoms with van der Waals surface area (Å²) in [7, 11) is 0. The summed E-state index contributed by atoms with van der Waals surface area (Å²) in [6.07, 6.45) is -1.55. The number of aliphatic hydroxyl groups is 2. The first kappa shape index (κ1) is 12.7. The third-order valence-electron chi connectivity index (χ3n) is 3.07. The van der Waals surface area contributed by atoms with E-state index in [1.807, 2.05) is 4.90 Å². The molecule has 1 fully saturated rings. The van der Waals surface area contributed by atoms with E-state index in [2.05, 4.69) is 0 Å². The number of nitrogen functional groups attached to an aromatic ring is 1. The number of anilines is 1. The van der Waals surface area contributed by atoms with Crippen LogP contribution in [-0.2, 0) is 6.54 Å². The molecule has 0 bridgehead atoms. The molecule has 18 heavy (non-hydrogen) atoms. The molecule has 0 amide bonds. The number of aliphatic hydroxyl groups excluding tert-OH is 2. The van der Waals surface area contributed by atoms with Gasteiger partial charge in [-0.3, -0.25) is 15.0 Å². The van der Waals surface area contributed by atoms with Crippen LogP contribution >= 0.6 is 0 Å². The molecule has 1 aromatic carbocycles. The molecule has 1 aliphatic rings. The molecule has 7 nitrogen and oxygen atoms in total. The lowest BCUT2D eigenvalue weighted by Crippen LogP contribution is -2.22. The zero-order chi connectivity index (χ0) is 13.3. The summed E-state index contributed by atoms with van der Waals surface area (Å²) >= 11 is 0. The number of benzene rings is 1. The molecule has 1 aromatic rings. The van der Waals surface area contributed by atoms with Crippen LogP contribution in [0, 0.1) is 10.1 Å². The summed E-state index contributed by atoms with van der Waals surface area (Å²) < 4.78 is 0. The van der Waals surface area contributed by atoms with Gasteiger partial charge in [0.2, 0.25) is 0 Å². The molecule has 2 rings (SSSR count). The minimum atomic E-state index is -0.773. The van der Waals surface area contributed by atoms with Crippen LogP contribution in [0.1, 0.15) is 5.56 Å². The van der Waals surface area contributed by atoms with E-state index in [1.165, 1.54) is 18.2 Å². The fourth-order valence-corrected chi connectivity index (χ4v) is 2.06. The largest absolute Gasteiger partial charge is 0.398 e. The second kappa shape index (κ2) is 4.89. The molecular formula is C11H15N3O4. The summed E-state index contributed by atoms with van der Waals surface area (Å²) in [5, 5.41) is 29.5. The quantitative estimate of drug-likeness (QED) is 0.388. The standard InChI is InChI=1S/C11H15N3O4/c12-9-2-1-8(14(17)18)3-7(9)4-13-5-10(15)11(16)6-13/h1-3,10-11,15-16H,4-6,12H2. The van der Waals surface area contributed by atoms with Crippen LogP contribution in [0.3, 0.4) is 0 Å². The van der Waals surface area contributed by atoms with Crippen molar-refractivity contribution in [2.24, 2.45) is 0 Å². The number of nitro benzene ring substituents is 1. The smallest absolute Gasteiger partial charge is 0.269 e. The summed E-state index contributed by atoms with van der Waals surface area (Å²) in [6, 6.07) is 4.27. The Kier molecular flexibility index (Phi) is 3.46. The first-order chi connectivity index (χ1) is 8.47. The van der Waals surface area contributed by atoms with Gasteiger partial charge in [-0.25, -0.2) is 0 Å². The van der Waals surface area contributed by atoms with Gasteiger partial charge in [-0.05, 0) is 11.6 Å². The molecule has 4 N–H and O–H groups in total. The average molecular weight is 253 g/mol. The Morgan fingerprint density at radius 3 is 2.56 bits per heavy atom. The molecule has 98 valence electrons. The van der Waals surface area contributed by atoms with E-state index in [0.29, 0.717) is 30.9 Å². The van der Waals surface area contributed by atoms with Gasteiger partial charge in [0.1, 0.15) is 0 Å². The highest BCUT2D eigenvalue weighted by Crippen LogP contribution is 2.23. The maximum absolute atomic E-state index is 10.7. The number of nitrogens with two attached hydrogens (primary N) is 1. The number of nitrogens with zero attached hydrogens (tertiary/aromatic N) is 2. The molecular weight excluding hydrogens is 238 g/mol. The number of hydrogen-bond acceptors (Lipinski definition) is 6. The zero-order valence-corrected chi connectivity index (χ0v) is 9.69. The van der Waals surface area contributed by atoms with E-state index in [4.69, 9.17) is 5.73 Å². The highest BCUT2D eigenvalue weighted by Gasteiger charge is 2.29. The number of likely N-dealkylation sites (tertiary alicyclic amines) is 1. The van der Waals surface area contributed by atoms with Gasteiger partial charge in [-0.1, -0.05) is 0 Å². The Morgan fingerprint density at radius 1 is 1.39 bits per heavy atom. The van der Waals surface area contributed by atoms with Gasteiger partial charge in [0, 0.05) is 37.5 Å². The Morgan fingerprint density at radius 2 is 2.00 bits per heavy atom. The molecule has 0 spiro atoms. The molecule has 1 heterocycles. The number of rotatable bonds is 3. The summed E-state index contributed by atoms with van der Waals surface area (Å²) in [5.41, 5.74) is 6.85. The SMILES string of the molecule is Nc1ccc([N+](=O)[O-])cc1CN1CC(O)C(O)C1. The molecule has 2 atom stereocenters. The molecule has 1 aliphatic heterocycles. The topological polar surface area (TPSA) is 113 Å². The van der Waals surface area contributed by atoms with Crippen LogP contribution < -0.4 is 5.73 Å². The van der Waals surface area contributed by atoms with Crippen molar-refractivity contribution < 1.29 is 15.1 Å². The van der Waals surface area contributed by atoms with E-state index in [9.17, 15) is 20.3 Å². The van der Waals surface area contributed by atoms with E-state index >= 15 is 0 Å². The van der Waals surface area contributed by atoms with Crippen LogP contribution in [0.4, 0.5) is 11.4 Å². The van der Waals surface area contributed by atoms with E-state index in [1.54, 1.807) is 0 Å². The second-order valence-corrected chi connectivity index (χ2v) is 4.47. The van der Waals surface area contributed by atoms with Gasteiger partial charge >= 0.3 is 0 Å². The first-order valence-electron chi connectivity index (χ1n) is 5.58. The van der Waals surface area contributed by atoms with Crippen molar-refractivity contribution in [1.29, 1.82) is 0 Å². The lowest BCUT2D eigenvalue weighted by Gasteiger charge is -2.15. The highest BCUT2D eigenvalue weighted by molar-refractivity contribution is 5.52. The fourth-order valence-electron chi connectivity index (χ4n) is 2.06. The summed E-state index contributed by atoms with van der Waals surface area (Å²) in [5.74, 6) is 0. The lowest BCUT2D eigenvalue weighted by atomic mass is 10.1. The number of non-ortho nitro benzene ring substituents is 1. The van der Waals surface area contributed by atoms with Gasteiger partial charge in [-0.2, -0.15) is 0 Å². The Hall–Kier alpha value is -1.70. The maximum atomic E-state index is 10.7. The fraction of sp³-hybridized carbons (Fsp3) is 0.455. The summed E-state index contributed by atoms with van der Waals surface area (Å²) in [4.78, 5) is 12.0. The monoisotopic (exact) mass is 253 g/mol. The molecule has 0 saturated carbocycles. The van der Waals surface area contributed by atoms with Crippen LogP contribution in [0.15, 0.2) is 18.2 Å². The van der Waals surface area contributed by atoms with Crippen molar-refractivity contribution in [2.45, 2.75) is 18.8 Å². The van der Waals surface area contributed by atoms with E-state index < -0.39 is 17.1 Å². The number of β-amino-alcohol motifs (C(OH)–C–C–N with tert-alkyl or cyclic N) is 2. The second-order valence-electron chi connectivity index (χ2n) is 4.47. The third kappa shape index (κ3) is 2.58. The van der Waals surface area contributed by atoms with Gasteiger partial charge in [0.25, 0.3) is 5.69 Å². The molecule has 0 radical (unpaired) electrons. The molecule has 2 unspecified atom stereocenters. The van der Waals surface area contributed by atoms with Crippen LogP contribution in [-0.4, -0.2) is 45.3 Å². The third-order valence-corrected chi connectivity index (χ3v) is 3.07. The van der Waals surface area contributed by atoms with Gasteiger partial charge in [0.05, 0.1) is 17.1 Å². The first-order valence-corrected chi connectivity index (χ1v) is 5.58. The van der Waals surface area contributed by atoms with Gasteiger partial charge < -0.3 is 15.9 Å². The molecule has 0 aromatic heterocycles. The van der Waals surface area contributed by atoms with Crippen LogP contribution in [0.2, 0.25) is 0 Å². The number of hydrogen-bond donors (Lipinski definition) is 3. The van der Waals surface area contributed by atoms with Gasteiger partial charge in [-0.15, -0.1) is 0 Å². The van der Waals surface area contributed by atoms with Crippen molar-refractivity contribution in [3.63, 3.8) is 0 Å². The average Bonchev–Trinajstić information content (AvgIpc) is 2.61. The zero-order valence-electron chi connectivity index (χ0n) is 9.69. The Labute approximate surface area is 104 Å². The lowest BCUT2D eigenvalue weighted by molar-refractivity contribution is -0.384. The van der Waals surface area contributed by atoms with Crippen molar-refractivity contribution >= 4 is 11.4 Å². The van der Waals surface area contributed by atoms with Crippen LogP contribution in [0.25, 0.3) is 0 Å².